The molecule has 10 rings (SSSR count). The van der Waals surface area contributed by atoms with Crippen LogP contribution in [0.2, 0.25) is 0 Å². The fourth-order valence-electron chi connectivity index (χ4n) is 10.0. The van der Waals surface area contributed by atoms with E-state index in [1.807, 2.05) is 0 Å². The van der Waals surface area contributed by atoms with E-state index in [0.717, 1.165) is 34.9 Å². The minimum Gasteiger partial charge on any atom is -0.402 e. The van der Waals surface area contributed by atoms with E-state index in [1.54, 1.807) is 0 Å². The quantitative estimate of drug-likeness (QED) is 0.308. The predicted octanol–water partition coefficient (Wildman–Crippen LogP) is 7.13. The molecule has 0 aromatic heterocycles. The lowest BCUT2D eigenvalue weighted by Gasteiger charge is -2.64. The van der Waals surface area contributed by atoms with Crippen molar-refractivity contribution in [1.82, 2.24) is 0 Å². The molecule has 0 amide bonds. The van der Waals surface area contributed by atoms with Gasteiger partial charge in [0.15, 0.2) is 0 Å². The smallest absolute Gasteiger partial charge is 0.402 e. The van der Waals surface area contributed by atoms with Crippen molar-refractivity contribution in [2.75, 3.05) is 0 Å². The van der Waals surface area contributed by atoms with Crippen LogP contribution in [0.15, 0.2) is 60.7 Å². The van der Waals surface area contributed by atoms with Crippen molar-refractivity contribution in [3.05, 3.63) is 71.8 Å². The van der Waals surface area contributed by atoms with Gasteiger partial charge in [-0.2, -0.15) is 0 Å². The number of hydrogen-bond donors (Lipinski definition) is 0. The van der Waals surface area contributed by atoms with Gasteiger partial charge in [0, 0.05) is 0 Å². The minimum atomic E-state index is -0.476. The summed E-state index contributed by atoms with van der Waals surface area (Å²) in [4.78, 5) is 0. The zero-order valence-electron chi connectivity index (χ0n) is 24.9. The maximum Gasteiger partial charge on any atom is 0.494 e. The third-order valence-electron chi connectivity index (χ3n) is 12.8. The highest BCUT2D eigenvalue weighted by atomic mass is 16.7. The van der Waals surface area contributed by atoms with E-state index in [9.17, 15) is 0 Å². The molecule has 40 heavy (non-hydrogen) atoms. The third kappa shape index (κ3) is 3.31. The lowest BCUT2D eigenvalue weighted by molar-refractivity contribution is -0.199. The van der Waals surface area contributed by atoms with Crippen molar-refractivity contribution in [2.24, 2.45) is 34.5 Å². The fraction of sp³-hybridized carbons (Fsp3) is 0.588. The largest absolute Gasteiger partial charge is 0.494 e. The van der Waals surface area contributed by atoms with Gasteiger partial charge in [0.25, 0.3) is 0 Å². The highest BCUT2D eigenvalue weighted by Gasteiger charge is 2.70. The Hall–Kier alpha value is -1.85. The van der Waals surface area contributed by atoms with Crippen molar-refractivity contribution in [1.29, 1.82) is 0 Å². The lowest BCUT2D eigenvalue weighted by Crippen LogP contribution is -2.65. The summed E-state index contributed by atoms with van der Waals surface area (Å²) in [5.74, 6) is 2.41. The van der Waals surface area contributed by atoms with Crippen molar-refractivity contribution >= 4 is 25.2 Å². The molecule has 8 atom stereocenters. The molecule has 8 fully saturated rings. The standard InChI is InChI=1S/C34H42B2O4/c1-31(2)23-17-25(31)33(5)27(19-23)37-35(39-33)29(21-13-9-7-10-14-21)30(22-15-11-8-12-16-22)36-38-28-20-24-18-26(32(24,3)4)34(28,6)40-36/h7-16,23-28H,17-20H2,1-6H3/b30-29-/t23-,24?,25-,26-,27?,28?,33+,34+/m0/s1. The Morgan fingerprint density at radius 3 is 1.30 bits per heavy atom. The van der Waals surface area contributed by atoms with Gasteiger partial charge in [0.2, 0.25) is 0 Å². The van der Waals surface area contributed by atoms with Gasteiger partial charge in [-0.05, 0) is 96.1 Å². The first-order valence-corrected chi connectivity index (χ1v) is 15.5. The van der Waals surface area contributed by atoms with Crippen LogP contribution in [0.4, 0.5) is 0 Å². The molecular weight excluding hydrogens is 494 g/mol. The van der Waals surface area contributed by atoms with Crippen LogP contribution in [0.3, 0.4) is 0 Å². The summed E-state index contributed by atoms with van der Waals surface area (Å²) in [6.07, 6.45) is 4.80. The molecule has 2 saturated heterocycles. The average Bonchev–Trinajstić information content (AvgIpc) is 3.48. The van der Waals surface area contributed by atoms with E-state index in [4.69, 9.17) is 18.6 Å². The van der Waals surface area contributed by atoms with E-state index in [1.165, 1.54) is 12.8 Å². The van der Waals surface area contributed by atoms with Crippen LogP contribution in [0, 0.1) is 34.5 Å². The molecular formula is C34H42B2O4. The second-order valence-corrected chi connectivity index (χ2v) is 15.2. The van der Waals surface area contributed by atoms with E-state index in [-0.39, 0.29) is 34.2 Å². The number of benzene rings is 2. The summed E-state index contributed by atoms with van der Waals surface area (Å²) in [7, 11) is -0.953. The summed E-state index contributed by atoms with van der Waals surface area (Å²) in [6, 6.07) is 21.3. The molecule has 0 N–H and O–H groups in total. The van der Waals surface area contributed by atoms with Crippen LogP contribution in [-0.2, 0) is 18.6 Å². The Morgan fingerprint density at radius 1 is 0.575 bits per heavy atom. The second-order valence-electron chi connectivity index (χ2n) is 15.2. The van der Waals surface area contributed by atoms with Gasteiger partial charge in [-0.3, -0.25) is 0 Å². The maximum atomic E-state index is 7.13. The number of hydrogen-bond acceptors (Lipinski definition) is 4. The van der Waals surface area contributed by atoms with Gasteiger partial charge in [-0.15, -0.1) is 0 Å². The van der Waals surface area contributed by atoms with Gasteiger partial charge in [-0.25, -0.2) is 0 Å². The van der Waals surface area contributed by atoms with Crippen LogP contribution in [-0.4, -0.2) is 37.6 Å². The molecule has 0 spiro atoms. The SMILES string of the molecule is CC1(C)C2CC3OB(/C(=C(\B4OC5C[C@@H]6C[C@@H](C6(C)C)[C@@]5(C)O4)c4ccccc4)c4ccccc4)O[C@]3(C)[C@H]1C2. The van der Waals surface area contributed by atoms with Crippen molar-refractivity contribution in [3.8, 4) is 0 Å². The second kappa shape index (κ2) is 8.37. The van der Waals surface area contributed by atoms with Gasteiger partial charge in [0.05, 0.1) is 23.4 Å². The van der Waals surface area contributed by atoms with E-state index < -0.39 is 14.2 Å². The molecule has 6 saturated carbocycles. The average molecular weight is 536 g/mol. The van der Waals surface area contributed by atoms with Crippen LogP contribution < -0.4 is 0 Å². The van der Waals surface area contributed by atoms with Crippen LogP contribution in [0.5, 0.6) is 0 Å². The lowest BCUT2D eigenvalue weighted by atomic mass is 9.43. The number of rotatable bonds is 4. The van der Waals surface area contributed by atoms with Gasteiger partial charge >= 0.3 is 14.2 Å². The molecule has 3 unspecified atom stereocenters. The van der Waals surface area contributed by atoms with E-state index in [0.29, 0.717) is 23.7 Å². The summed E-state index contributed by atoms with van der Waals surface area (Å²) in [5.41, 5.74) is 4.30. The van der Waals surface area contributed by atoms with Crippen molar-refractivity contribution < 1.29 is 18.6 Å². The third-order valence-corrected chi connectivity index (χ3v) is 12.8. The zero-order chi connectivity index (χ0) is 27.7. The molecule has 2 aliphatic heterocycles. The van der Waals surface area contributed by atoms with Crippen LogP contribution in [0.25, 0.3) is 10.9 Å². The fourth-order valence-corrected chi connectivity index (χ4v) is 10.0. The van der Waals surface area contributed by atoms with Crippen molar-refractivity contribution in [2.45, 2.75) is 90.6 Å². The van der Waals surface area contributed by atoms with E-state index >= 15 is 0 Å². The molecule has 6 heteroatoms. The predicted molar refractivity (Wildman–Crippen MR) is 160 cm³/mol. The normalized spacial score (nSPS) is 42.4. The van der Waals surface area contributed by atoms with Crippen LogP contribution in [0.1, 0.15) is 78.4 Å². The maximum absolute atomic E-state index is 7.13. The summed E-state index contributed by atoms with van der Waals surface area (Å²) < 4.78 is 28.2. The first-order valence-electron chi connectivity index (χ1n) is 15.5. The Labute approximate surface area is 240 Å². The van der Waals surface area contributed by atoms with Crippen LogP contribution >= 0.6 is 0 Å². The zero-order valence-corrected chi connectivity index (χ0v) is 24.9. The summed E-state index contributed by atoms with van der Waals surface area (Å²) in [5, 5.41) is 0. The summed E-state index contributed by atoms with van der Waals surface area (Å²) >= 11 is 0. The molecule has 8 aliphatic rings. The molecule has 4 bridgehead atoms. The Bertz CT molecular complexity index is 1260. The Balaban J connectivity index is 1.26. The Kier molecular flexibility index (Phi) is 5.41. The first-order chi connectivity index (χ1) is 19.0. The van der Waals surface area contributed by atoms with Crippen molar-refractivity contribution in [3.63, 3.8) is 0 Å². The summed E-state index contributed by atoms with van der Waals surface area (Å²) in [6.45, 7) is 14.3. The highest BCUT2D eigenvalue weighted by Crippen LogP contribution is 2.67. The first kappa shape index (κ1) is 25.8. The highest BCUT2D eigenvalue weighted by molar-refractivity contribution is 6.82. The molecule has 6 aliphatic carbocycles. The monoisotopic (exact) mass is 536 g/mol. The molecule has 2 heterocycles. The van der Waals surface area contributed by atoms with Gasteiger partial charge < -0.3 is 18.6 Å². The van der Waals surface area contributed by atoms with E-state index in [2.05, 4.69) is 102 Å². The molecule has 0 radical (unpaired) electrons. The molecule has 2 aromatic rings. The molecule has 208 valence electrons. The molecule has 2 aromatic carbocycles. The Morgan fingerprint density at radius 2 is 0.950 bits per heavy atom. The van der Waals surface area contributed by atoms with Gasteiger partial charge in [0.1, 0.15) is 0 Å². The minimum absolute atomic E-state index is 0.101. The topological polar surface area (TPSA) is 36.9 Å². The molecule has 4 nitrogen and oxygen atoms in total. The van der Waals surface area contributed by atoms with Gasteiger partial charge in [-0.1, -0.05) is 88.4 Å².